The first-order chi connectivity index (χ1) is 23.1. The van der Waals surface area contributed by atoms with Crippen molar-refractivity contribution in [2.45, 2.75) is 72.9 Å². The Kier molecular flexibility index (Phi) is 12.0. The molecule has 12 heteroatoms. The van der Waals surface area contributed by atoms with Gasteiger partial charge in [-0.25, -0.2) is 14.6 Å². The SMILES string of the molecule is CNc1ccc(-n2ccc(OCC(C)(C)C(F)(F)F)n2)c(-c2ccccc2CCCCCCN(CC(C)(C)C(=O)O)c2cc(C)ccn2)n1. The minimum atomic E-state index is -4.41. The van der Waals surface area contributed by atoms with Gasteiger partial charge >= 0.3 is 12.1 Å². The largest absolute Gasteiger partial charge is 0.481 e. The lowest BCUT2D eigenvalue weighted by molar-refractivity contribution is -0.219. The third kappa shape index (κ3) is 9.73. The molecule has 49 heavy (non-hydrogen) atoms. The molecule has 0 aliphatic heterocycles. The van der Waals surface area contributed by atoms with E-state index >= 15 is 0 Å². The first-order valence-corrected chi connectivity index (χ1v) is 16.5. The molecule has 9 nitrogen and oxygen atoms in total. The van der Waals surface area contributed by atoms with E-state index in [2.05, 4.69) is 26.4 Å². The summed E-state index contributed by atoms with van der Waals surface area (Å²) in [6, 6.07) is 17.2. The number of nitrogens with one attached hydrogen (secondary N) is 1. The molecule has 2 N–H and O–H groups in total. The number of hydrogen-bond acceptors (Lipinski definition) is 7. The molecule has 0 atom stereocenters. The van der Waals surface area contributed by atoms with Crippen LogP contribution < -0.4 is 15.0 Å². The maximum atomic E-state index is 13.3. The smallest absolute Gasteiger partial charge is 0.397 e. The highest BCUT2D eigenvalue weighted by Crippen LogP contribution is 2.38. The number of alkyl halides is 3. The first-order valence-electron chi connectivity index (χ1n) is 16.5. The van der Waals surface area contributed by atoms with E-state index in [1.54, 1.807) is 44.0 Å². The van der Waals surface area contributed by atoms with Crippen LogP contribution in [-0.2, 0) is 11.2 Å². The number of anilines is 2. The second kappa shape index (κ2) is 15.7. The number of carboxylic acid groups (broad SMARTS) is 1. The Hall–Kier alpha value is -4.61. The van der Waals surface area contributed by atoms with Crippen molar-refractivity contribution in [1.82, 2.24) is 19.7 Å². The van der Waals surface area contributed by atoms with Gasteiger partial charge in [0.15, 0.2) is 0 Å². The Balaban J connectivity index is 1.44. The molecule has 0 fully saturated rings. The van der Waals surface area contributed by atoms with E-state index in [-0.39, 0.29) is 5.88 Å². The number of carbonyl (C=O) groups is 1. The number of ether oxygens (including phenoxy) is 1. The van der Waals surface area contributed by atoms with Crippen molar-refractivity contribution in [3.05, 3.63) is 78.1 Å². The lowest BCUT2D eigenvalue weighted by Crippen LogP contribution is -2.40. The molecule has 0 bridgehead atoms. The molecule has 0 unspecified atom stereocenters. The zero-order chi connectivity index (χ0) is 35.8. The van der Waals surface area contributed by atoms with Gasteiger partial charge in [0, 0.05) is 44.2 Å². The summed E-state index contributed by atoms with van der Waals surface area (Å²) in [5, 5.41) is 17.3. The van der Waals surface area contributed by atoms with Gasteiger partial charge in [-0.15, -0.1) is 5.10 Å². The number of pyridine rings is 2. The molecule has 4 rings (SSSR count). The minimum Gasteiger partial charge on any atom is -0.481 e. The second-order valence-corrected chi connectivity index (χ2v) is 13.7. The van der Waals surface area contributed by atoms with E-state index in [1.807, 2.05) is 49.4 Å². The van der Waals surface area contributed by atoms with Crippen LogP contribution in [0.1, 0.15) is 64.5 Å². The number of aromatic nitrogens is 4. The average molecular weight is 681 g/mol. The molecule has 4 aromatic rings. The quantitative estimate of drug-likeness (QED) is 0.107. The van der Waals surface area contributed by atoms with Crippen LogP contribution in [0, 0.1) is 17.8 Å². The molecule has 3 heterocycles. The summed E-state index contributed by atoms with van der Waals surface area (Å²) in [5.41, 5.74) is 1.56. The van der Waals surface area contributed by atoms with Gasteiger partial charge in [-0.2, -0.15) is 13.2 Å². The molecule has 1 aromatic carbocycles. The number of aliphatic carboxylic acids is 1. The van der Waals surface area contributed by atoms with Gasteiger partial charge < -0.3 is 20.1 Å². The fourth-order valence-electron chi connectivity index (χ4n) is 5.28. The number of nitrogens with zero attached hydrogens (tertiary/aromatic N) is 5. The lowest BCUT2D eigenvalue weighted by atomic mass is 9.93. The van der Waals surface area contributed by atoms with E-state index in [9.17, 15) is 23.1 Å². The maximum Gasteiger partial charge on any atom is 0.397 e. The zero-order valence-corrected chi connectivity index (χ0v) is 29.1. The predicted molar refractivity (Wildman–Crippen MR) is 186 cm³/mol. The van der Waals surface area contributed by atoms with Crippen LogP contribution in [0.15, 0.2) is 67.0 Å². The van der Waals surface area contributed by atoms with Crippen LogP contribution in [0.4, 0.5) is 24.8 Å². The van der Waals surface area contributed by atoms with Crippen molar-refractivity contribution in [3.63, 3.8) is 0 Å². The third-order valence-electron chi connectivity index (χ3n) is 8.58. The summed E-state index contributed by atoms with van der Waals surface area (Å²) >= 11 is 0. The van der Waals surface area contributed by atoms with Gasteiger partial charge in [-0.3, -0.25) is 4.79 Å². The van der Waals surface area contributed by atoms with Crippen molar-refractivity contribution in [3.8, 4) is 22.8 Å². The lowest BCUT2D eigenvalue weighted by Gasteiger charge is -2.31. The van der Waals surface area contributed by atoms with Crippen LogP contribution in [0.25, 0.3) is 16.9 Å². The summed E-state index contributed by atoms with van der Waals surface area (Å²) in [4.78, 5) is 23.3. The number of unbranched alkanes of at least 4 members (excludes halogenated alkanes) is 3. The molecular weight excluding hydrogens is 633 g/mol. The summed E-state index contributed by atoms with van der Waals surface area (Å²) in [6.45, 7) is 8.18. The van der Waals surface area contributed by atoms with Crippen LogP contribution in [-0.4, -0.2) is 63.7 Å². The fraction of sp³-hybridized carbons (Fsp3) is 0.459. The topological polar surface area (TPSA) is 105 Å². The Morgan fingerprint density at radius 3 is 2.43 bits per heavy atom. The van der Waals surface area contributed by atoms with Crippen LogP contribution in [0.2, 0.25) is 0 Å². The molecule has 0 radical (unpaired) electrons. The van der Waals surface area contributed by atoms with Crippen molar-refractivity contribution >= 4 is 17.6 Å². The number of aryl methyl sites for hydroxylation is 2. The van der Waals surface area contributed by atoms with Gasteiger partial charge in [-0.1, -0.05) is 37.1 Å². The Labute approximate surface area is 286 Å². The summed E-state index contributed by atoms with van der Waals surface area (Å²) in [7, 11) is 1.79. The summed E-state index contributed by atoms with van der Waals surface area (Å²) in [6.07, 6.45) is 3.62. The highest BCUT2D eigenvalue weighted by Gasteiger charge is 2.48. The number of halogens is 3. The normalized spacial score (nSPS) is 12.2. The molecule has 0 saturated heterocycles. The standard InChI is InChI=1S/C37H47F3N6O3/c1-26-18-20-42-31(23-26)45(24-35(2,3)34(47)48)21-12-8-7-9-13-27-14-10-11-15-28(27)33-29(16-17-30(41-6)43-33)46-22-19-32(44-46)49-25-36(4,5)37(38,39)40/h10-11,14-20,22-23H,7-9,12-13,21,24-25H2,1-6H3,(H,41,43)(H,47,48). The highest BCUT2D eigenvalue weighted by molar-refractivity contribution is 5.75. The first kappa shape index (κ1) is 37.2. The van der Waals surface area contributed by atoms with Crippen molar-refractivity contribution in [2.24, 2.45) is 10.8 Å². The number of benzene rings is 1. The molecule has 264 valence electrons. The van der Waals surface area contributed by atoms with E-state index in [4.69, 9.17) is 9.72 Å². The van der Waals surface area contributed by atoms with E-state index in [1.165, 1.54) is 0 Å². The van der Waals surface area contributed by atoms with Crippen molar-refractivity contribution in [2.75, 3.05) is 37.0 Å². The number of hydrogen-bond donors (Lipinski definition) is 2. The molecule has 3 aromatic heterocycles. The molecule has 0 amide bonds. The average Bonchev–Trinajstić information content (AvgIpc) is 3.53. The molecule has 0 aliphatic rings. The minimum absolute atomic E-state index is 0.0949. The van der Waals surface area contributed by atoms with E-state index < -0.39 is 29.6 Å². The monoisotopic (exact) mass is 680 g/mol. The van der Waals surface area contributed by atoms with Gasteiger partial charge in [0.2, 0.25) is 5.88 Å². The van der Waals surface area contributed by atoms with Crippen LogP contribution in [0.5, 0.6) is 5.88 Å². The third-order valence-corrected chi connectivity index (χ3v) is 8.58. The van der Waals surface area contributed by atoms with Gasteiger partial charge in [0.05, 0.1) is 22.2 Å². The fourth-order valence-corrected chi connectivity index (χ4v) is 5.28. The number of carboxylic acids is 1. The van der Waals surface area contributed by atoms with Gasteiger partial charge in [0.25, 0.3) is 0 Å². The van der Waals surface area contributed by atoms with Crippen LogP contribution in [0.3, 0.4) is 0 Å². The summed E-state index contributed by atoms with van der Waals surface area (Å²) < 4.78 is 47.1. The second-order valence-electron chi connectivity index (χ2n) is 13.7. The van der Waals surface area contributed by atoms with Crippen molar-refractivity contribution < 1.29 is 27.8 Å². The summed E-state index contributed by atoms with van der Waals surface area (Å²) in [5.74, 6) is 0.713. The highest BCUT2D eigenvalue weighted by atomic mass is 19.4. The maximum absolute atomic E-state index is 13.3. The molecule has 0 aliphatic carbocycles. The molecular formula is C37H47F3N6O3. The Bertz CT molecular complexity index is 1700. The Morgan fingerprint density at radius 2 is 1.73 bits per heavy atom. The van der Waals surface area contributed by atoms with Crippen molar-refractivity contribution in [1.29, 1.82) is 0 Å². The number of rotatable bonds is 17. The van der Waals surface area contributed by atoms with Gasteiger partial charge in [0.1, 0.15) is 18.2 Å². The van der Waals surface area contributed by atoms with Crippen LogP contribution >= 0.6 is 0 Å². The zero-order valence-electron chi connectivity index (χ0n) is 29.1. The predicted octanol–water partition coefficient (Wildman–Crippen LogP) is 8.37. The van der Waals surface area contributed by atoms with E-state index in [0.717, 1.165) is 68.5 Å². The molecule has 0 spiro atoms. The molecule has 0 saturated carbocycles. The van der Waals surface area contributed by atoms with Gasteiger partial charge in [-0.05, 0) is 89.3 Å². The Morgan fingerprint density at radius 1 is 1.00 bits per heavy atom. The van der Waals surface area contributed by atoms with E-state index in [0.29, 0.717) is 30.3 Å².